The summed E-state index contributed by atoms with van der Waals surface area (Å²) in [5.74, 6) is 0.0372. The summed E-state index contributed by atoms with van der Waals surface area (Å²) < 4.78 is 0. The summed E-state index contributed by atoms with van der Waals surface area (Å²) >= 11 is 3.17. The van der Waals surface area contributed by atoms with E-state index in [-0.39, 0.29) is 5.91 Å². The van der Waals surface area contributed by atoms with Crippen LogP contribution in [0.2, 0.25) is 0 Å². The highest BCUT2D eigenvalue weighted by atomic mass is 32.1. The van der Waals surface area contributed by atoms with Gasteiger partial charge in [0.25, 0.3) is 5.91 Å². The molecule has 0 atom stereocenters. The Hall–Kier alpha value is -2.09. The van der Waals surface area contributed by atoms with Gasteiger partial charge in [-0.3, -0.25) is 14.7 Å². The summed E-state index contributed by atoms with van der Waals surface area (Å²) in [4.78, 5) is 25.8. The number of aromatic nitrogens is 2. The number of thiazole rings is 1. The molecule has 4 heterocycles. The summed E-state index contributed by atoms with van der Waals surface area (Å²) in [5, 5.41) is 6.87. The normalized spacial score (nSPS) is 15.4. The third kappa shape index (κ3) is 3.78. The molecule has 1 aliphatic heterocycles. The smallest absolute Gasteiger partial charge is 0.273 e. The Balaban J connectivity index is 1.35. The van der Waals surface area contributed by atoms with Crippen molar-refractivity contribution in [1.82, 2.24) is 19.8 Å². The minimum Gasteiger partial charge on any atom is -0.335 e. The van der Waals surface area contributed by atoms with E-state index in [1.165, 1.54) is 11.3 Å². The van der Waals surface area contributed by atoms with Gasteiger partial charge in [0.05, 0.1) is 5.69 Å². The SMILES string of the molecule is O=C(c1csc(-c2ccsc2)n1)N1CCN(Cc2ccccn2)CC1. The van der Waals surface area contributed by atoms with Crippen LogP contribution in [0.1, 0.15) is 16.2 Å². The minimum absolute atomic E-state index is 0.0372. The van der Waals surface area contributed by atoms with E-state index in [1.54, 1.807) is 11.3 Å². The van der Waals surface area contributed by atoms with Crippen molar-refractivity contribution in [3.8, 4) is 10.6 Å². The molecule has 1 saturated heterocycles. The maximum Gasteiger partial charge on any atom is 0.273 e. The fraction of sp³-hybridized carbons (Fsp3) is 0.278. The van der Waals surface area contributed by atoms with E-state index >= 15 is 0 Å². The van der Waals surface area contributed by atoms with Crippen molar-refractivity contribution in [1.29, 1.82) is 0 Å². The number of hydrogen-bond donors (Lipinski definition) is 0. The second kappa shape index (κ2) is 7.43. The van der Waals surface area contributed by atoms with Gasteiger partial charge in [-0.05, 0) is 23.6 Å². The Morgan fingerprint density at radius 1 is 1.12 bits per heavy atom. The monoisotopic (exact) mass is 370 g/mol. The largest absolute Gasteiger partial charge is 0.335 e. The molecule has 3 aromatic rings. The van der Waals surface area contributed by atoms with Crippen LogP contribution in [-0.2, 0) is 6.54 Å². The van der Waals surface area contributed by atoms with Gasteiger partial charge in [0.15, 0.2) is 0 Å². The predicted octanol–water partition coefficient (Wildman–Crippen LogP) is 3.22. The Kier molecular flexibility index (Phi) is 4.87. The van der Waals surface area contributed by atoms with Crippen molar-refractivity contribution in [2.75, 3.05) is 26.2 Å². The number of amides is 1. The quantitative estimate of drug-likeness (QED) is 0.707. The van der Waals surface area contributed by atoms with Gasteiger partial charge < -0.3 is 4.90 Å². The van der Waals surface area contributed by atoms with Gasteiger partial charge in [-0.25, -0.2) is 4.98 Å². The van der Waals surface area contributed by atoms with Crippen LogP contribution in [0.3, 0.4) is 0 Å². The molecule has 128 valence electrons. The first-order valence-electron chi connectivity index (χ1n) is 8.19. The fourth-order valence-corrected chi connectivity index (χ4v) is 4.39. The number of piperazine rings is 1. The minimum atomic E-state index is 0.0372. The number of carbonyl (C=O) groups excluding carboxylic acids is 1. The molecule has 7 heteroatoms. The van der Waals surface area contributed by atoms with Crippen molar-refractivity contribution < 1.29 is 4.79 Å². The van der Waals surface area contributed by atoms with Crippen LogP contribution in [-0.4, -0.2) is 51.9 Å². The highest BCUT2D eigenvalue weighted by molar-refractivity contribution is 7.14. The lowest BCUT2D eigenvalue weighted by atomic mass is 10.2. The molecule has 3 aromatic heterocycles. The summed E-state index contributed by atoms with van der Waals surface area (Å²) in [6, 6.07) is 8.01. The number of pyridine rings is 1. The summed E-state index contributed by atoms with van der Waals surface area (Å²) in [5.41, 5.74) is 2.72. The average Bonchev–Trinajstić information content (AvgIpc) is 3.34. The van der Waals surface area contributed by atoms with Crippen molar-refractivity contribution in [3.05, 3.63) is 58.0 Å². The Labute approximate surface area is 154 Å². The first-order valence-corrected chi connectivity index (χ1v) is 10.0. The van der Waals surface area contributed by atoms with Crippen molar-refractivity contribution in [3.63, 3.8) is 0 Å². The molecule has 0 aliphatic carbocycles. The van der Waals surface area contributed by atoms with E-state index in [9.17, 15) is 4.79 Å². The van der Waals surface area contributed by atoms with E-state index in [0.29, 0.717) is 5.69 Å². The second-order valence-electron chi connectivity index (χ2n) is 5.94. The van der Waals surface area contributed by atoms with Crippen molar-refractivity contribution in [2.24, 2.45) is 0 Å². The van der Waals surface area contributed by atoms with Crippen LogP contribution >= 0.6 is 22.7 Å². The molecule has 0 radical (unpaired) electrons. The Morgan fingerprint density at radius 2 is 2.00 bits per heavy atom. The highest BCUT2D eigenvalue weighted by Crippen LogP contribution is 2.26. The van der Waals surface area contributed by atoms with Gasteiger partial charge in [-0.15, -0.1) is 11.3 Å². The number of hydrogen-bond acceptors (Lipinski definition) is 6. The zero-order valence-corrected chi connectivity index (χ0v) is 15.3. The lowest BCUT2D eigenvalue weighted by Gasteiger charge is -2.34. The zero-order chi connectivity index (χ0) is 17.1. The van der Waals surface area contributed by atoms with Crippen molar-refractivity contribution >= 4 is 28.6 Å². The maximum atomic E-state index is 12.7. The molecule has 0 N–H and O–H groups in total. The van der Waals surface area contributed by atoms with Crippen LogP contribution < -0.4 is 0 Å². The molecule has 4 rings (SSSR count). The Morgan fingerprint density at radius 3 is 2.72 bits per heavy atom. The number of carbonyl (C=O) groups is 1. The number of rotatable bonds is 4. The molecule has 1 fully saturated rings. The molecule has 5 nitrogen and oxygen atoms in total. The zero-order valence-electron chi connectivity index (χ0n) is 13.7. The topological polar surface area (TPSA) is 49.3 Å². The molecule has 1 amide bonds. The van der Waals surface area contributed by atoms with Gasteiger partial charge in [-0.1, -0.05) is 6.07 Å². The highest BCUT2D eigenvalue weighted by Gasteiger charge is 2.24. The van der Waals surface area contributed by atoms with Gasteiger partial charge in [0, 0.05) is 55.2 Å². The first kappa shape index (κ1) is 16.4. The second-order valence-corrected chi connectivity index (χ2v) is 7.58. The van der Waals surface area contributed by atoms with Crippen LogP contribution in [0.5, 0.6) is 0 Å². The van der Waals surface area contributed by atoms with Crippen molar-refractivity contribution in [2.45, 2.75) is 6.54 Å². The van der Waals surface area contributed by atoms with Crippen LogP contribution in [0.4, 0.5) is 0 Å². The van der Waals surface area contributed by atoms with E-state index in [0.717, 1.165) is 49.0 Å². The molecular formula is C18H18N4OS2. The van der Waals surface area contributed by atoms with Gasteiger partial charge in [0.2, 0.25) is 0 Å². The Bertz CT molecular complexity index is 824. The third-order valence-electron chi connectivity index (χ3n) is 4.26. The summed E-state index contributed by atoms with van der Waals surface area (Å²) in [7, 11) is 0. The lowest BCUT2D eigenvalue weighted by molar-refractivity contribution is 0.0622. The summed E-state index contributed by atoms with van der Waals surface area (Å²) in [6.45, 7) is 4.03. The van der Waals surface area contributed by atoms with E-state index in [1.807, 2.05) is 46.1 Å². The third-order valence-corrected chi connectivity index (χ3v) is 5.84. The number of nitrogens with zero attached hydrogens (tertiary/aromatic N) is 4. The standard InChI is InChI=1S/C18H18N4OS2/c23-18(16-13-25-17(20-16)14-4-10-24-12-14)22-8-6-21(7-9-22)11-15-3-1-2-5-19-15/h1-5,10,12-13H,6-9,11H2. The molecule has 0 unspecified atom stereocenters. The van der Waals surface area contributed by atoms with Crippen LogP contribution in [0.25, 0.3) is 10.6 Å². The van der Waals surface area contributed by atoms with Gasteiger partial charge >= 0.3 is 0 Å². The first-order chi connectivity index (χ1) is 12.3. The predicted molar refractivity (Wildman–Crippen MR) is 101 cm³/mol. The fourth-order valence-electron chi connectivity index (χ4n) is 2.88. The summed E-state index contributed by atoms with van der Waals surface area (Å²) in [6.07, 6.45) is 1.82. The molecule has 0 saturated carbocycles. The van der Waals surface area contributed by atoms with Gasteiger partial charge in [0.1, 0.15) is 10.7 Å². The van der Waals surface area contributed by atoms with Crippen LogP contribution in [0.15, 0.2) is 46.6 Å². The van der Waals surface area contributed by atoms with E-state index in [2.05, 4.69) is 20.2 Å². The van der Waals surface area contributed by atoms with E-state index < -0.39 is 0 Å². The van der Waals surface area contributed by atoms with E-state index in [4.69, 9.17) is 0 Å². The molecule has 0 aromatic carbocycles. The molecular weight excluding hydrogens is 352 g/mol. The molecule has 25 heavy (non-hydrogen) atoms. The molecule has 1 aliphatic rings. The molecule has 0 spiro atoms. The van der Waals surface area contributed by atoms with Crippen LogP contribution in [0, 0.1) is 0 Å². The number of thiophene rings is 1. The average molecular weight is 371 g/mol. The maximum absolute atomic E-state index is 12.7. The molecule has 0 bridgehead atoms. The lowest BCUT2D eigenvalue weighted by Crippen LogP contribution is -2.48. The van der Waals surface area contributed by atoms with Gasteiger partial charge in [-0.2, -0.15) is 11.3 Å².